The van der Waals surface area contributed by atoms with E-state index in [4.69, 9.17) is 9.47 Å². The summed E-state index contributed by atoms with van der Waals surface area (Å²) in [5, 5.41) is 10.5. The molecular formula is C31H27F2N5O4. The summed E-state index contributed by atoms with van der Waals surface area (Å²) in [6.07, 6.45) is 3.02. The summed E-state index contributed by atoms with van der Waals surface area (Å²) >= 11 is 0. The molecule has 3 heterocycles. The topological polar surface area (TPSA) is 101 Å². The first-order valence-electron chi connectivity index (χ1n) is 13.4. The highest BCUT2D eigenvalue weighted by Crippen LogP contribution is 2.38. The first kappa shape index (κ1) is 27.2. The smallest absolute Gasteiger partial charge is 0.258 e. The Balaban J connectivity index is 1.18. The number of morpholine rings is 1. The third-order valence-electron chi connectivity index (χ3n) is 7.02. The normalized spacial score (nSPS) is 15.1. The number of nitrogens with one attached hydrogen (secondary N) is 2. The quantitative estimate of drug-likeness (QED) is 0.279. The third-order valence-corrected chi connectivity index (χ3v) is 7.02. The molecule has 2 aromatic heterocycles. The van der Waals surface area contributed by atoms with E-state index in [1.165, 1.54) is 47.0 Å². The first-order valence-corrected chi connectivity index (χ1v) is 13.4. The molecule has 5 aromatic rings. The number of benzene rings is 3. The number of fused-ring (bicyclic) bond motifs is 1. The summed E-state index contributed by atoms with van der Waals surface area (Å²) in [5.41, 5.74) is 2.13. The van der Waals surface area contributed by atoms with Gasteiger partial charge in [0.2, 0.25) is 5.91 Å². The second-order valence-electron chi connectivity index (χ2n) is 10.1. The van der Waals surface area contributed by atoms with Gasteiger partial charge in [0, 0.05) is 47.7 Å². The van der Waals surface area contributed by atoms with Gasteiger partial charge in [-0.25, -0.2) is 8.78 Å². The Labute approximate surface area is 239 Å². The van der Waals surface area contributed by atoms with E-state index in [0.717, 1.165) is 16.6 Å². The minimum atomic E-state index is -0.667. The van der Waals surface area contributed by atoms with Gasteiger partial charge in [0.25, 0.3) is 5.56 Å². The van der Waals surface area contributed by atoms with Crippen molar-refractivity contribution in [3.8, 4) is 17.2 Å². The van der Waals surface area contributed by atoms with Crippen molar-refractivity contribution in [3.05, 3.63) is 107 Å². The van der Waals surface area contributed by atoms with Gasteiger partial charge >= 0.3 is 0 Å². The number of carbonyl (C=O) groups excluding carboxylic acids is 1. The van der Waals surface area contributed by atoms with E-state index in [0.29, 0.717) is 31.1 Å². The van der Waals surface area contributed by atoms with Crippen molar-refractivity contribution in [1.82, 2.24) is 14.8 Å². The monoisotopic (exact) mass is 571 g/mol. The number of aromatic nitrogens is 3. The predicted octanol–water partition coefficient (Wildman–Crippen LogP) is 5.19. The molecule has 1 aliphatic rings. The van der Waals surface area contributed by atoms with Crippen LogP contribution in [-0.2, 0) is 16.0 Å². The summed E-state index contributed by atoms with van der Waals surface area (Å²) in [6.45, 7) is 3.87. The van der Waals surface area contributed by atoms with Gasteiger partial charge in [-0.15, -0.1) is 0 Å². The Morgan fingerprint density at radius 2 is 1.95 bits per heavy atom. The fraction of sp³-hybridized carbons (Fsp3) is 0.194. The maximum absolute atomic E-state index is 15.2. The van der Waals surface area contributed by atoms with Crippen LogP contribution in [0.25, 0.3) is 16.6 Å². The Bertz CT molecular complexity index is 1820. The fourth-order valence-electron chi connectivity index (χ4n) is 4.96. The number of pyridine rings is 1. The molecule has 3 aromatic carbocycles. The predicted molar refractivity (Wildman–Crippen MR) is 155 cm³/mol. The van der Waals surface area contributed by atoms with Crippen molar-refractivity contribution in [3.63, 3.8) is 0 Å². The second-order valence-corrected chi connectivity index (χ2v) is 10.1. The van der Waals surface area contributed by atoms with Gasteiger partial charge in [-0.05, 0) is 61.5 Å². The molecule has 1 atom stereocenters. The van der Waals surface area contributed by atoms with Crippen molar-refractivity contribution in [1.29, 1.82) is 0 Å². The summed E-state index contributed by atoms with van der Waals surface area (Å²) in [4.78, 5) is 27.8. The zero-order valence-electron chi connectivity index (χ0n) is 22.6. The van der Waals surface area contributed by atoms with E-state index < -0.39 is 23.1 Å². The van der Waals surface area contributed by atoms with Crippen molar-refractivity contribution < 1.29 is 23.0 Å². The van der Waals surface area contributed by atoms with E-state index in [9.17, 15) is 14.0 Å². The zero-order chi connectivity index (χ0) is 29.2. The Hall–Kier alpha value is -5.03. The molecule has 1 amide bonds. The van der Waals surface area contributed by atoms with Gasteiger partial charge in [0.1, 0.15) is 5.82 Å². The van der Waals surface area contributed by atoms with E-state index in [1.54, 1.807) is 24.5 Å². The molecule has 214 valence electrons. The molecule has 0 radical (unpaired) electrons. The summed E-state index contributed by atoms with van der Waals surface area (Å²) < 4.78 is 41.6. The van der Waals surface area contributed by atoms with Gasteiger partial charge in [0.05, 0.1) is 36.5 Å². The molecule has 11 heteroatoms. The molecular weight excluding hydrogens is 544 g/mol. The molecule has 0 aliphatic carbocycles. The van der Waals surface area contributed by atoms with Crippen LogP contribution in [0.2, 0.25) is 0 Å². The highest BCUT2D eigenvalue weighted by Gasteiger charge is 2.22. The minimum Gasteiger partial charge on any atom is -0.452 e. The van der Waals surface area contributed by atoms with E-state index in [1.807, 2.05) is 19.1 Å². The van der Waals surface area contributed by atoms with Crippen LogP contribution < -0.4 is 20.5 Å². The molecule has 0 spiro atoms. The van der Waals surface area contributed by atoms with Crippen molar-refractivity contribution in [2.45, 2.75) is 19.4 Å². The minimum absolute atomic E-state index is 0.0105. The van der Waals surface area contributed by atoms with Crippen LogP contribution in [0.15, 0.2) is 83.9 Å². The molecule has 0 saturated carbocycles. The number of amides is 1. The standard InChI is InChI=1S/C31H27F2N5O4/c1-19-18-37(11-12-41-19)27-16-26-21(17-34-36-26)13-29(27)42-28-9-6-23(15-25(28)33)35-30(39)14-20-3-2-10-38(31(20)40)24-7-4-22(32)5-8-24/h2-10,13,15-17,19H,11-12,14,18H2,1H3,(H,34,36)(H,35,39). The summed E-state index contributed by atoms with van der Waals surface area (Å²) in [7, 11) is 0. The number of halogens is 2. The molecule has 1 aliphatic heterocycles. The Morgan fingerprint density at radius 1 is 1.12 bits per heavy atom. The van der Waals surface area contributed by atoms with Crippen LogP contribution in [0, 0.1) is 11.6 Å². The molecule has 2 N–H and O–H groups in total. The molecule has 9 nitrogen and oxygen atoms in total. The Kier molecular flexibility index (Phi) is 7.41. The summed E-state index contributed by atoms with van der Waals surface area (Å²) in [6, 6.07) is 16.5. The van der Waals surface area contributed by atoms with E-state index >= 15 is 4.39 Å². The Morgan fingerprint density at radius 3 is 2.74 bits per heavy atom. The number of H-pyrrole nitrogens is 1. The molecule has 1 saturated heterocycles. The van der Waals surface area contributed by atoms with Gasteiger partial charge in [0.15, 0.2) is 17.3 Å². The SMILES string of the molecule is CC1CN(c2cc3[nH]ncc3cc2Oc2ccc(NC(=O)Cc3cccn(-c4ccc(F)cc4)c3=O)cc2F)CCO1. The lowest BCUT2D eigenvalue weighted by Gasteiger charge is -2.33. The van der Waals surface area contributed by atoms with Crippen LogP contribution >= 0.6 is 0 Å². The zero-order valence-corrected chi connectivity index (χ0v) is 22.6. The molecule has 6 rings (SSSR count). The van der Waals surface area contributed by atoms with E-state index in [2.05, 4.69) is 20.4 Å². The van der Waals surface area contributed by atoms with Crippen molar-refractivity contribution in [2.24, 2.45) is 0 Å². The van der Waals surface area contributed by atoms with Crippen LogP contribution in [-0.4, -0.2) is 46.5 Å². The number of anilines is 2. The van der Waals surface area contributed by atoms with Crippen molar-refractivity contribution in [2.75, 3.05) is 29.9 Å². The number of nitrogens with zero attached hydrogens (tertiary/aromatic N) is 3. The van der Waals surface area contributed by atoms with Crippen LogP contribution in [0.4, 0.5) is 20.2 Å². The fourth-order valence-corrected chi connectivity index (χ4v) is 4.96. The molecule has 42 heavy (non-hydrogen) atoms. The first-order chi connectivity index (χ1) is 20.3. The largest absolute Gasteiger partial charge is 0.452 e. The number of rotatable bonds is 7. The maximum atomic E-state index is 15.2. The maximum Gasteiger partial charge on any atom is 0.258 e. The lowest BCUT2D eigenvalue weighted by molar-refractivity contribution is -0.115. The lowest BCUT2D eigenvalue weighted by atomic mass is 10.1. The number of hydrogen-bond acceptors (Lipinski definition) is 6. The second kappa shape index (κ2) is 11.5. The highest BCUT2D eigenvalue weighted by atomic mass is 19.1. The van der Waals surface area contributed by atoms with Gasteiger partial charge in [-0.2, -0.15) is 5.10 Å². The van der Waals surface area contributed by atoms with Gasteiger partial charge < -0.3 is 19.7 Å². The average Bonchev–Trinajstić information content (AvgIpc) is 3.43. The molecule has 1 fully saturated rings. The highest BCUT2D eigenvalue weighted by molar-refractivity contribution is 5.92. The van der Waals surface area contributed by atoms with Gasteiger partial charge in [-0.1, -0.05) is 6.07 Å². The number of aromatic amines is 1. The number of ether oxygens (including phenoxy) is 2. The van der Waals surface area contributed by atoms with Crippen LogP contribution in [0.3, 0.4) is 0 Å². The molecule has 1 unspecified atom stereocenters. The van der Waals surface area contributed by atoms with Crippen LogP contribution in [0.1, 0.15) is 12.5 Å². The van der Waals surface area contributed by atoms with Gasteiger partial charge in [-0.3, -0.25) is 19.3 Å². The summed E-state index contributed by atoms with van der Waals surface area (Å²) in [5.74, 6) is -1.12. The number of carbonyl (C=O) groups is 1. The number of hydrogen-bond donors (Lipinski definition) is 2. The average molecular weight is 572 g/mol. The third kappa shape index (κ3) is 5.72. The van der Waals surface area contributed by atoms with Crippen LogP contribution in [0.5, 0.6) is 11.5 Å². The van der Waals surface area contributed by atoms with E-state index in [-0.39, 0.29) is 29.5 Å². The van der Waals surface area contributed by atoms with Crippen molar-refractivity contribution >= 4 is 28.2 Å². The lowest BCUT2D eigenvalue weighted by Crippen LogP contribution is -2.41. The molecule has 0 bridgehead atoms.